The van der Waals surface area contributed by atoms with E-state index in [4.69, 9.17) is 9.47 Å². The molecule has 0 aliphatic rings. The molecular formula is C14H23NO4S. The molecule has 0 bridgehead atoms. The van der Waals surface area contributed by atoms with Crippen molar-refractivity contribution < 1.29 is 17.9 Å². The van der Waals surface area contributed by atoms with Gasteiger partial charge in [-0.1, -0.05) is 26.0 Å². The van der Waals surface area contributed by atoms with Crippen molar-refractivity contribution in [1.82, 2.24) is 5.32 Å². The fourth-order valence-corrected chi connectivity index (χ4v) is 2.02. The number of ether oxygens (including phenoxy) is 2. The van der Waals surface area contributed by atoms with E-state index in [9.17, 15) is 8.42 Å². The van der Waals surface area contributed by atoms with E-state index in [1.165, 1.54) is 6.26 Å². The van der Waals surface area contributed by atoms with Gasteiger partial charge in [0.2, 0.25) is 0 Å². The minimum absolute atomic E-state index is 0.0118. The standard InChI is InChI=1S/C14H23NO4S/c1-11(2)15-10-12-6-5-7-13(18-3)14(12)19-8-9-20(4,16)17/h5-7,11,15H,8-10H2,1-4H3. The molecule has 1 rings (SSSR count). The van der Waals surface area contributed by atoms with Gasteiger partial charge in [0.05, 0.1) is 12.9 Å². The maximum atomic E-state index is 11.2. The Morgan fingerprint density at radius 3 is 2.55 bits per heavy atom. The van der Waals surface area contributed by atoms with E-state index < -0.39 is 9.84 Å². The third kappa shape index (κ3) is 5.79. The monoisotopic (exact) mass is 301 g/mol. The molecule has 0 heterocycles. The van der Waals surface area contributed by atoms with Gasteiger partial charge in [-0.25, -0.2) is 8.42 Å². The molecule has 0 unspecified atom stereocenters. The van der Waals surface area contributed by atoms with Gasteiger partial charge in [-0.05, 0) is 6.07 Å². The van der Waals surface area contributed by atoms with E-state index in [0.29, 0.717) is 24.1 Å². The van der Waals surface area contributed by atoms with E-state index in [-0.39, 0.29) is 12.4 Å². The molecule has 0 amide bonds. The Balaban J connectivity index is 2.83. The Morgan fingerprint density at radius 1 is 1.30 bits per heavy atom. The van der Waals surface area contributed by atoms with Crippen LogP contribution in [0.1, 0.15) is 19.4 Å². The van der Waals surface area contributed by atoms with Crippen molar-refractivity contribution in [3.05, 3.63) is 23.8 Å². The van der Waals surface area contributed by atoms with Crippen LogP contribution in [-0.2, 0) is 16.4 Å². The van der Waals surface area contributed by atoms with E-state index in [0.717, 1.165) is 5.56 Å². The Bertz CT molecular complexity index is 526. The van der Waals surface area contributed by atoms with Gasteiger partial charge in [-0.3, -0.25) is 0 Å². The molecule has 6 heteroatoms. The van der Waals surface area contributed by atoms with E-state index in [1.54, 1.807) is 13.2 Å². The number of hydrogen-bond donors (Lipinski definition) is 1. The van der Waals surface area contributed by atoms with Crippen molar-refractivity contribution >= 4 is 9.84 Å². The van der Waals surface area contributed by atoms with Gasteiger partial charge in [0.25, 0.3) is 0 Å². The van der Waals surface area contributed by atoms with Crippen molar-refractivity contribution in [2.45, 2.75) is 26.4 Å². The first-order chi connectivity index (χ1) is 9.33. The molecular weight excluding hydrogens is 278 g/mol. The molecule has 0 spiro atoms. The SMILES string of the molecule is COc1cccc(CNC(C)C)c1OCCS(C)(=O)=O. The van der Waals surface area contributed by atoms with Gasteiger partial charge >= 0.3 is 0 Å². The zero-order valence-corrected chi connectivity index (χ0v) is 13.3. The highest BCUT2D eigenvalue weighted by Crippen LogP contribution is 2.31. The van der Waals surface area contributed by atoms with Crippen LogP contribution >= 0.6 is 0 Å². The molecule has 0 radical (unpaired) electrons. The van der Waals surface area contributed by atoms with Gasteiger partial charge in [0.15, 0.2) is 21.3 Å². The predicted molar refractivity (Wildman–Crippen MR) is 80.2 cm³/mol. The highest BCUT2D eigenvalue weighted by atomic mass is 32.2. The molecule has 1 aromatic rings. The lowest BCUT2D eigenvalue weighted by atomic mass is 10.1. The summed E-state index contributed by atoms with van der Waals surface area (Å²) in [5.41, 5.74) is 0.951. The second-order valence-corrected chi connectivity index (χ2v) is 7.22. The first-order valence-electron chi connectivity index (χ1n) is 6.53. The van der Waals surface area contributed by atoms with Crippen LogP contribution in [0.25, 0.3) is 0 Å². The predicted octanol–water partition coefficient (Wildman–Crippen LogP) is 1.62. The summed E-state index contributed by atoms with van der Waals surface area (Å²) in [7, 11) is -1.47. The number of nitrogens with one attached hydrogen (secondary N) is 1. The Morgan fingerprint density at radius 2 is 2.00 bits per heavy atom. The van der Waals surface area contributed by atoms with Crippen LogP contribution in [0.15, 0.2) is 18.2 Å². The maximum absolute atomic E-state index is 11.2. The number of para-hydroxylation sites is 1. The summed E-state index contributed by atoms with van der Waals surface area (Å²) in [5.74, 6) is 1.20. The van der Waals surface area contributed by atoms with E-state index in [1.807, 2.05) is 12.1 Å². The first-order valence-corrected chi connectivity index (χ1v) is 8.59. The van der Waals surface area contributed by atoms with Crippen molar-refractivity contribution in [3.8, 4) is 11.5 Å². The first kappa shape index (κ1) is 16.8. The van der Waals surface area contributed by atoms with Crippen LogP contribution < -0.4 is 14.8 Å². The zero-order chi connectivity index (χ0) is 15.2. The molecule has 0 saturated carbocycles. The van der Waals surface area contributed by atoms with Gasteiger partial charge in [0.1, 0.15) is 6.61 Å². The van der Waals surface area contributed by atoms with Gasteiger partial charge in [-0.2, -0.15) is 0 Å². The van der Waals surface area contributed by atoms with Crippen molar-refractivity contribution in [2.24, 2.45) is 0 Å². The Kier molecular flexibility index (Phi) is 6.29. The van der Waals surface area contributed by atoms with Crippen LogP contribution in [0, 0.1) is 0 Å². The van der Waals surface area contributed by atoms with Gasteiger partial charge in [0, 0.05) is 24.4 Å². The lowest BCUT2D eigenvalue weighted by Crippen LogP contribution is -2.22. The van der Waals surface area contributed by atoms with Crippen LogP contribution in [-0.4, -0.2) is 40.2 Å². The summed E-state index contributed by atoms with van der Waals surface area (Å²) < 4.78 is 33.2. The summed E-state index contributed by atoms with van der Waals surface area (Å²) >= 11 is 0. The van der Waals surface area contributed by atoms with Crippen molar-refractivity contribution in [3.63, 3.8) is 0 Å². The van der Waals surface area contributed by atoms with Gasteiger partial charge < -0.3 is 14.8 Å². The molecule has 114 valence electrons. The maximum Gasteiger partial charge on any atom is 0.165 e. The molecule has 0 aromatic heterocycles. The highest BCUT2D eigenvalue weighted by molar-refractivity contribution is 7.90. The van der Waals surface area contributed by atoms with Gasteiger partial charge in [-0.15, -0.1) is 0 Å². The molecule has 0 atom stereocenters. The number of methoxy groups -OCH3 is 1. The molecule has 1 N–H and O–H groups in total. The van der Waals surface area contributed by atoms with Crippen molar-refractivity contribution in [2.75, 3.05) is 25.7 Å². The van der Waals surface area contributed by atoms with E-state index >= 15 is 0 Å². The molecule has 5 nitrogen and oxygen atoms in total. The number of rotatable bonds is 8. The Hall–Kier alpha value is -1.27. The second kappa shape index (κ2) is 7.50. The molecule has 0 fully saturated rings. The Labute approximate surface area is 121 Å². The quantitative estimate of drug-likeness (QED) is 0.790. The van der Waals surface area contributed by atoms with Crippen LogP contribution in [0.4, 0.5) is 0 Å². The molecule has 1 aromatic carbocycles. The van der Waals surface area contributed by atoms with E-state index in [2.05, 4.69) is 19.2 Å². The topological polar surface area (TPSA) is 64.6 Å². The molecule has 0 aliphatic carbocycles. The van der Waals surface area contributed by atoms with Crippen LogP contribution in [0.5, 0.6) is 11.5 Å². The summed E-state index contributed by atoms with van der Waals surface area (Å²) in [6.45, 7) is 4.88. The average Bonchev–Trinajstić information content (AvgIpc) is 2.35. The van der Waals surface area contributed by atoms with Crippen molar-refractivity contribution in [1.29, 1.82) is 0 Å². The third-order valence-electron chi connectivity index (χ3n) is 2.68. The minimum atomic E-state index is -3.03. The third-order valence-corrected chi connectivity index (χ3v) is 3.59. The normalized spacial score (nSPS) is 11.7. The fourth-order valence-electron chi connectivity index (χ4n) is 1.63. The van der Waals surface area contributed by atoms with Crippen LogP contribution in [0.3, 0.4) is 0 Å². The lowest BCUT2D eigenvalue weighted by Gasteiger charge is -2.16. The summed E-state index contributed by atoms with van der Waals surface area (Å²) in [6.07, 6.45) is 1.19. The summed E-state index contributed by atoms with van der Waals surface area (Å²) in [4.78, 5) is 0. The number of sulfone groups is 1. The number of hydrogen-bond acceptors (Lipinski definition) is 5. The van der Waals surface area contributed by atoms with Crippen LogP contribution in [0.2, 0.25) is 0 Å². The zero-order valence-electron chi connectivity index (χ0n) is 12.5. The number of benzene rings is 1. The fraction of sp³-hybridized carbons (Fsp3) is 0.571. The second-order valence-electron chi connectivity index (χ2n) is 4.96. The molecule has 20 heavy (non-hydrogen) atoms. The largest absolute Gasteiger partial charge is 0.493 e. The summed E-state index contributed by atoms with van der Waals surface area (Å²) in [6, 6.07) is 5.98. The molecule has 0 saturated heterocycles. The smallest absolute Gasteiger partial charge is 0.165 e. The lowest BCUT2D eigenvalue weighted by molar-refractivity contribution is 0.307. The highest BCUT2D eigenvalue weighted by Gasteiger charge is 2.12. The average molecular weight is 301 g/mol. The molecule has 0 aliphatic heterocycles. The summed E-state index contributed by atoms with van der Waals surface area (Å²) in [5, 5.41) is 3.31. The minimum Gasteiger partial charge on any atom is -0.493 e.